The molecule has 8 heteroatoms. The molecule has 2 atom stereocenters. The third kappa shape index (κ3) is 8.70. The van der Waals surface area contributed by atoms with Crippen LogP contribution >= 0.6 is 11.9 Å². The SMILES string of the molecule is CCC(C/C=C/C(C)(C)O)Nc1cccc(SNC(=O)c2ccc(C(C)(C)C)nc2N2CC(C)CC2(C)C)n1. The topological polar surface area (TPSA) is 90.4 Å². The molecule has 1 saturated heterocycles. The molecular formula is C31H47N5O2S. The number of pyridine rings is 2. The van der Waals surface area contributed by atoms with E-state index in [0.29, 0.717) is 16.5 Å². The highest BCUT2D eigenvalue weighted by molar-refractivity contribution is 7.97. The van der Waals surface area contributed by atoms with Gasteiger partial charge in [-0.3, -0.25) is 9.52 Å². The minimum Gasteiger partial charge on any atom is -0.386 e. The second-order valence-corrected chi connectivity index (χ2v) is 13.8. The van der Waals surface area contributed by atoms with Gasteiger partial charge < -0.3 is 15.3 Å². The third-order valence-corrected chi connectivity index (χ3v) is 7.70. The maximum atomic E-state index is 13.5. The summed E-state index contributed by atoms with van der Waals surface area (Å²) in [7, 11) is 0. The Kier molecular flexibility index (Phi) is 9.76. The Bertz CT molecular complexity index is 1170. The second-order valence-electron chi connectivity index (χ2n) is 13.0. The summed E-state index contributed by atoms with van der Waals surface area (Å²) in [5.41, 5.74) is 0.532. The first kappa shape index (κ1) is 31.0. The molecule has 1 fully saturated rings. The lowest BCUT2D eigenvalue weighted by Gasteiger charge is -2.34. The van der Waals surface area contributed by atoms with E-state index in [1.165, 1.54) is 11.9 Å². The van der Waals surface area contributed by atoms with E-state index in [-0.39, 0.29) is 22.9 Å². The van der Waals surface area contributed by atoms with Gasteiger partial charge in [0.1, 0.15) is 16.7 Å². The van der Waals surface area contributed by atoms with E-state index in [2.05, 4.69) is 63.4 Å². The average Bonchev–Trinajstić information content (AvgIpc) is 3.11. The second kappa shape index (κ2) is 12.3. The lowest BCUT2D eigenvalue weighted by atomic mass is 9.91. The number of hydrogen-bond acceptors (Lipinski definition) is 7. The van der Waals surface area contributed by atoms with Crippen molar-refractivity contribution >= 4 is 29.5 Å². The van der Waals surface area contributed by atoms with Gasteiger partial charge in [0.25, 0.3) is 5.91 Å². The summed E-state index contributed by atoms with van der Waals surface area (Å²) in [6.07, 6.45) is 6.56. The number of hydrogen-bond donors (Lipinski definition) is 3. The van der Waals surface area contributed by atoms with Crippen LogP contribution in [-0.2, 0) is 5.41 Å². The summed E-state index contributed by atoms with van der Waals surface area (Å²) >= 11 is 1.21. The van der Waals surface area contributed by atoms with Crippen LogP contribution in [0.4, 0.5) is 11.6 Å². The Balaban J connectivity index is 1.75. The quantitative estimate of drug-likeness (QED) is 0.222. The summed E-state index contributed by atoms with van der Waals surface area (Å²) in [4.78, 5) is 25.5. The van der Waals surface area contributed by atoms with Gasteiger partial charge >= 0.3 is 0 Å². The molecule has 2 unspecified atom stereocenters. The number of carbonyl (C=O) groups excluding carboxylic acids is 1. The summed E-state index contributed by atoms with van der Waals surface area (Å²) in [5, 5.41) is 14.1. The van der Waals surface area contributed by atoms with Gasteiger partial charge in [0.05, 0.1) is 11.2 Å². The Labute approximate surface area is 239 Å². The normalized spacial score (nSPS) is 18.4. The molecule has 0 aliphatic carbocycles. The van der Waals surface area contributed by atoms with Crippen molar-refractivity contribution in [2.75, 3.05) is 16.8 Å². The number of nitrogens with zero attached hydrogens (tertiary/aromatic N) is 3. The monoisotopic (exact) mass is 553 g/mol. The molecule has 3 heterocycles. The van der Waals surface area contributed by atoms with Crippen molar-refractivity contribution in [3.8, 4) is 0 Å². The lowest BCUT2D eigenvalue weighted by Crippen LogP contribution is -2.40. The summed E-state index contributed by atoms with van der Waals surface area (Å²) in [6, 6.07) is 9.82. The van der Waals surface area contributed by atoms with Gasteiger partial charge in [0, 0.05) is 41.2 Å². The van der Waals surface area contributed by atoms with Crippen molar-refractivity contribution in [3.05, 3.63) is 53.7 Å². The van der Waals surface area contributed by atoms with Crippen molar-refractivity contribution in [2.24, 2.45) is 5.92 Å². The Morgan fingerprint density at radius 2 is 1.92 bits per heavy atom. The highest BCUT2D eigenvalue weighted by Gasteiger charge is 2.39. The van der Waals surface area contributed by atoms with Crippen molar-refractivity contribution in [3.63, 3.8) is 0 Å². The van der Waals surface area contributed by atoms with Crippen LogP contribution in [0.2, 0.25) is 0 Å². The summed E-state index contributed by atoms with van der Waals surface area (Å²) in [6.45, 7) is 19.7. The Morgan fingerprint density at radius 1 is 1.21 bits per heavy atom. The molecule has 1 aliphatic rings. The van der Waals surface area contributed by atoms with E-state index in [1.807, 2.05) is 42.5 Å². The molecule has 3 rings (SSSR count). The van der Waals surface area contributed by atoms with Crippen LogP contribution in [0.15, 0.2) is 47.5 Å². The average molecular weight is 554 g/mol. The molecular weight excluding hydrogens is 506 g/mol. The van der Waals surface area contributed by atoms with Crippen molar-refractivity contribution in [1.29, 1.82) is 0 Å². The first-order chi connectivity index (χ1) is 18.1. The molecule has 0 saturated carbocycles. The predicted octanol–water partition coefficient (Wildman–Crippen LogP) is 6.74. The lowest BCUT2D eigenvalue weighted by molar-refractivity contribution is 0.0984. The number of aliphatic hydroxyl groups is 1. The van der Waals surface area contributed by atoms with E-state index in [4.69, 9.17) is 9.97 Å². The van der Waals surface area contributed by atoms with Gasteiger partial charge in [-0.1, -0.05) is 52.8 Å². The van der Waals surface area contributed by atoms with Gasteiger partial charge in [-0.15, -0.1) is 0 Å². The molecule has 3 N–H and O–H groups in total. The molecule has 1 amide bonds. The highest BCUT2D eigenvalue weighted by atomic mass is 32.2. The molecule has 2 aromatic heterocycles. The van der Waals surface area contributed by atoms with Crippen LogP contribution in [0.3, 0.4) is 0 Å². The van der Waals surface area contributed by atoms with Crippen molar-refractivity contribution < 1.29 is 9.90 Å². The molecule has 0 bridgehead atoms. The molecule has 1 aliphatic heterocycles. The fraction of sp³-hybridized carbons (Fsp3) is 0.581. The fourth-order valence-electron chi connectivity index (χ4n) is 4.97. The van der Waals surface area contributed by atoms with Gasteiger partial charge in [-0.2, -0.15) is 0 Å². The molecule has 0 radical (unpaired) electrons. The zero-order valence-corrected chi connectivity index (χ0v) is 25.9. The van der Waals surface area contributed by atoms with Gasteiger partial charge in [-0.25, -0.2) is 9.97 Å². The van der Waals surface area contributed by atoms with Crippen molar-refractivity contribution in [1.82, 2.24) is 14.7 Å². The largest absolute Gasteiger partial charge is 0.386 e. The van der Waals surface area contributed by atoms with Crippen LogP contribution in [0.1, 0.15) is 97.6 Å². The van der Waals surface area contributed by atoms with E-state index in [0.717, 1.165) is 43.1 Å². The van der Waals surface area contributed by atoms with E-state index in [9.17, 15) is 9.90 Å². The molecule has 0 aromatic carbocycles. The summed E-state index contributed by atoms with van der Waals surface area (Å²) in [5.74, 6) is 1.86. The minimum absolute atomic E-state index is 0.0788. The van der Waals surface area contributed by atoms with Gasteiger partial charge in [-0.05, 0) is 77.1 Å². The standard InChI is InChI=1S/C31H47N5O2S/c1-10-22(13-12-18-31(8,9)38)32-25-14-11-15-26(34-25)39-35-28(37)23-16-17-24(29(3,4)5)33-27(23)36-20-21(2)19-30(36,6)7/h11-12,14-18,21-22,38H,10,13,19-20H2,1-9H3,(H,32,34)(H,35,37)/b18-12+. The molecule has 7 nitrogen and oxygen atoms in total. The number of aromatic nitrogens is 2. The van der Waals surface area contributed by atoms with Gasteiger partial charge in [0.2, 0.25) is 0 Å². The van der Waals surface area contributed by atoms with E-state index < -0.39 is 5.60 Å². The molecule has 39 heavy (non-hydrogen) atoms. The first-order valence-corrected chi connectivity index (χ1v) is 14.8. The Hall–Kier alpha value is -2.58. The van der Waals surface area contributed by atoms with E-state index >= 15 is 0 Å². The predicted molar refractivity (Wildman–Crippen MR) is 163 cm³/mol. The van der Waals surface area contributed by atoms with Crippen LogP contribution in [0.25, 0.3) is 0 Å². The van der Waals surface area contributed by atoms with Crippen molar-refractivity contribution in [2.45, 2.75) is 109 Å². The van der Waals surface area contributed by atoms with Crippen LogP contribution < -0.4 is 14.9 Å². The van der Waals surface area contributed by atoms with Crippen LogP contribution in [0, 0.1) is 5.92 Å². The maximum Gasteiger partial charge on any atom is 0.265 e. The third-order valence-electron chi connectivity index (χ3n) is 6.98. The van der Waals surface area contributed by atoms with Crippen LogP contribution in [0.5, 0.6) is 0 Å². The zero-order valence-electron chi connectivity index (χ0n) is 25.1. The van der Waals surface area contributed by atoms with Gasteiger partial charge in [0.15, 0.2) is 0 Å². The van der Waals surface area contributed by atoms with Crippen LogP contribution in [-0.4, -0.2) is 44.7 Å². The summed E-state index contributed by atoms with van der Waals surface area (Å²) < 4.78 is 3.00. The number of nitrogens with one attached hydrogen (secondary N) is 2. The minimum atomic E-state index is -0.823. The number of amides is 1. The Morgan fingerprint density at radius 3 is 2.51 bits per heavy atom. The first-order valence-electron chi connectivity index (χ1n) is 14.0. The molecule has 2 aromatic rings. The number of rotatable bonds is 10. The highest BCUT2D eigenvalue weighted by Crippen LogP contribution is 2.38. The molecule has 0 spiro atoms. The smallest absolute Gasteiger partial charge is 0.265 e. The number of carbonyl (C=O) groups is 1. The number of anilines is 2. The van der Waals surface area contributed by atoms with E-state index in [1.54, 1.807) is 13.8 Å². The molecule has 214 valence electrons. The fourth-order valence-corrected chi connectivity index (χ4v) is 5.57. The maximum absolute atomic E-state index is 13.5. The zero-order chi connectivity index (χ0) is 29.0.